The molecule has 5 heteroatoms. The average molecular weight is 379 g/mol. The molecule has 140 valence electrons. The highest BCUT2D eigenvalue weighted by Crippen LogP contribution is 2.16. The highest BCUT2D eigenvalue weighted by molar-refractivity contribution is 6.04. The summed E-state index contributed by atoms with van der Waals surface area (Å²) in [5.41, 5.74) is 2.74. The predicted octanol–water partition coefficient (Wildman–Crippen LogP) is 4.17. The van der Waals surface area contributed by atoms with Crippen LogP contribution in [0, 0.1) is 11.3 Å². The van der Waals surface area contributed by atoms with Crippen LogP contribution in [-0.4, -0.2) is 10.5 Å². The van der Waals surface area contributed by atoms with Crippen molar-refractivity contribution in [3.8, 4) is 6.07 Å². The quantitative estimate of drug-likeness (QED) is 0.578. The molecule has 1 heterocycles. The van der Waals surface area contributed by atoms with Crippen molar-refractivity contribution in [2.75, 3.05) is 5.32 Å². The number of nitrogens with one attached hydrogen (secondary N) is 1. The number of amides is 1. The summed E-state index contributed by atoms with van der Waals surface area (Å²) < 4.78 is 1.86. The fraction of sp³-hybridized carbons (Fsp3) is 0.0417. The van der Waals surface area contributed by atoms with Gasteiger partial charge in [0.15, 0.2) is 0 Å². The smallest absolute Gasteiger partial charge is 0.255 e. The van der Waals surface area contributed by atoms with Gasteiger partial charge in [0, 0.05) is 29.4 Å². The Balaban J connectivity index is 1.67. The number of rotatable bonds is 4. The zero-order valence-corrected chi connectivity index (χ0v) is 15.5. The van der Waals surface area contributed by atoms with Gasteiger partial charge in [-0.05, 0) is 42.0 Å². The number of hydrogen-bond donors (Lipinski definition) is 1. The number of benzene rings is 3. The van der Waals surface area contributed by atoms with Crippen LogP contribution in [0.5, 0.6) is 0 Å². The normalized spacial score (nSPS) is 10.4. The maximum absolute atomic E-state index is 12.6. The van der Waals surface area contributed by atoms with Gasteiger partial charge in [-0.2, -0.15) is 5.26 Å². The minimum atomic E-state index is -0.268. The Hall–Kier alpha value is -4.17. The molecule has 1 amide bonds. The van der Waals surface area contributed by atoms with Crippen LogP contribution in [0.4, 0.5) is 5.69 Å². The molecule has 0 atom stereocenters. The van der Waals surface area contributed by atoms with Gasteiger partial charge in [0.1, 0.15) is 11.6 Å². The number of pyridine rings is 1. The number of carbonyl (C=O) groups is 1. The number of hydrogen-bond acceptors (Lipinski definition) is 3. The van der Waals surface area contributed by atoms with Crippen molar-refractivity contribution >= 4 is 22.5 Å². The van der Waals surface area contributed by atoms with Gasteiger partial charge < -0.3 is 9.88 Å². The van der Waals surface area contributed by atoms with Crippen LogP contribution >= 0.6 is 0 Å². The Morgan fingerprint density at radius 1 is 0.966 bits per heavy atom. The van der Waals surface area contributed by atoms with Crippen molar-refractivity contribution in [2.45, 2.75) is 6.54 Å². The molecule has 0 aliphatic carbocycles. The molecule has 0 aliphatic rings. The fourth-order valence-electron chi connectivity index (χ4n) is 3.29. The molecule has 3 aromatic carbocycles. The topological polar surface area (TPSA) is 74.9 Å². The van der Waals surface area contributed by atoms with Crippen molar-refractivity contribution < 1.29 is 4.79 Å². The molecular formula is C24H17N3O2. The molecule has 1 N–H and O–H groups in total. The molecule has 0 saturated carbocycles. The average Bonchev–Trinajstić information content (AvgIpc) is 2.76. The van der Waals surface area contributed by atoms with Crippen molar-refractivity contribution in [1.82, 2.24) is 4.57 Å². The summed E-state index contributed by atoms with van der Waals surface area (Å²) in [6, 6.07) is 25.8. The third kappa shape index (κ3) is 3.78. The van der Waals surface area contributed by atoms with Crippen LogP contribution in [0.3, 0.4) is 0 Å². The molecule has 29 heavy (non-hydrogen) atoms. The van der Waals surface area contributed by atoms with Gasteiger partial charge in [-0.25, -0.2) is 0 Å². The Labute approximate surface area is 167 Å². The summed E-state index contributed by atoms with van der Waals surface area (Å²) in [5, 5.41) is 12.7. The van der Waals surface area contributed by atoms with Gasteiger partial charge in [-0.3, -0.25) is 9.59 Å². The van der Waals surface area contributed by atoms with Crippen molar-refractivity contribution in [2.24, 2.45) is 0 Å². The van der Waals surface area contributed by atoms with Crippen LogP contribution < -0.4 is 10.7 Å². The second kappa shape index (κ2) is 7.83. The largest absolute Gasteiger partial charge is 0.341 e. The molecule has 0 fully saturated rings. The van der Waals surface area contributed by atoms with E-state index in [4.69, 9.17) is 0 Å². The fourth-order valence-corrected chi connectivity index (χ4v) is 3.29. The van der Waals surface area contributed by atoms with Crippen molar-refractivity contribution in [1.29, 1.82) is 5.26 Å². The lowest BCUT2D eigenvalue weighted by Crippen LogP contribution is -2.14. The monoisotopic (exact) mass is 379 g/mol. The number of nitriles is 1. The van der Waals surface area contributed by atoms with E-state index in [2.05, 4.69) is 5.32 Å². The summed E-state index contributed by atoms with van der Waals surface area (Å²) in [5.74, 6) is -0.194. The number of carbonyl (C=O) groups excluding carboxylic acids is 1. The van der Waals surface area contributed by atoms with Gasteiger partial charge in [0.2, 0.25) is 5.43 Å². The number of fused-ring (bicyclic) bond motifs is 1. The number of aromatic nitrogens is 1. The van der Waals surface area contributed by atoms with Gasteiger partial charge in [0.25, 0.3) is 5.91 Å². The maximum atomic E-state index is 12.6. The summed E-state index contributed by atoms with van der Waals surface area (Å²) in [6.45, 7) is 0.432. The molecule has 4 aromatic rings. The first-order chi connectivity index (χ1) is 14.2. The summed E-state index contributed by atoms with van der Waals surface area (Å²) in [6.07, 6.45) is 1.57. The molecular weight excluding hydrogens is 362 g/mol. The third-order valence-electron chi connectivity index (χ3n) is 4.68. The number of para-hydroxylation sites is 2. The SMILES string of the molecule is N#Cc1cn(Cc2cccc(C(=O)Nc3ccccc3)c2)c2ccccc2c1=O. The molecule has 0 radical (unpaired) electrons. The second-order valence-corrected chi connectivity index (χ2v) is 6.65. The van der Waals surface area contributed by atoms with Gasteiger partial charge in [0.05, 0.1) is 5.52 Å². The lowest BCUT2D eigenvalue weighted by Gasteiger charge is -2.13. The molecule has 1 aromatic heterocycles. The van der Waals surface area contributed by atoms with Crippen LogP contribution in [0.25, 0.3) is 10.9 Å². The zero-order chi connectivity index (χ0) is 20.2. The summed E-state index contributed by atoms with van der Waals surface area (Å²) in [7, 11) is 0. The molecule has 0 aliphatic heterocycles. The standard InChI is InChI=1S/C24H17N3O2/c25-14-19-16-27(22-12-5-4-11-21(22)23(19)28)15-17-7-6-8-18(13-17)24(29)26-20-9-2-1-3-10-20/h1-13,16H,15H2,(H,26,29). The van der Waals surface area contributed by atoms with Crippen LogP contribution in [0.1, 0.15) is 21.5 Å². The Kier molecular flexibility index (Phi) is 4.91. The number of nitrogens with zero attached hydrogens (tertiary/aromatic N) is 2. The van der Waals surface area contributed by atoms with E-state index in [9.17, 15) is 14.9 Å². The molecule has 0 saturated heterocycles. The van der Waals surface area contributed by atoms with E-state index < -0.39 is 0 Å². The number of anilines is 1. The highest BCUT2D eigenvalue weighted by Gasteiger charge is 2.10. The summed E-state index contributed by atoms with van der Waals surface area (Å²) in [4.78, 5) is 25.0. The highest BCUT2D eigenvalue weighted by atomic mass is 16.1. The second-order valence-electron chi connectivity index (χ2n) is 6.65. The minimum absolute atomic E-state index is 0.0988. The van der Waals surface area contributed by atoms with E-state index in [1.165, 1.54) is 0 Å². The zero-order valence-electron chi connectivity index (χ0n) is 15.5. The van der Waals surface area contributed by atoms with Gasteiger partial charge in [-0.1, -0.05) is 42.5 Å². The Morgan fingerprint density at radius 3 is 2.52 bits per heavy atom. The first kappa shape index (κ1) is 18.2. The molecule has 0 unspecified atom stereocenters. The molecule has 0 spiro atoms. The Bertz CT molecular complexity index is 1300. The minimum Gasteiger partial charge on any atom is -0.341 e. The van der Waals surface area contributed by atoms with E-state index in [0.717, 1.165) is 16.8 Å². The first-order valence-corrected chi connectivity index (χ1v) is 9.13. The first-order valence-electron chi connectivity index (χ1n) is 9.13. The predicted molar refractivity (Wildman–Crippen MR) is 113 cm³/mol. The van der Waals surface area contributed by atoms with Crippen LogP contribution in [-0.2, 0) is 6.54 Å². The lowest BCUT2D eigenvalue weighted by atomic mass is 10.1. The van der Waals surface area contributed by atoms with E-state index in [1.807, 2.05) is 71.3 Å². The van der Waals surface area contributed by atoms with E-state index in [-0.39, 0.29) is 16.9 Å². The molecule has 4 rings (SSSR count). The third-order valence-corrected chi connectivity index (χ3v) is 4.68. The van der Waals surface area contributed by atoms with Crippen molar-refractivity contribution in [3.05, 3.63) is 112 Å². The van der Waals surface area contributed by atoms with Crippen LogP contribution in [0.2, 0.25) is 0 Å². The van der Waals surface area contributed by atoms with Gasteiger partial charge >= 0.3 is 0 Å². The molecule has 0 bridgehead atoms. The van der Waals surface area contributed by atoms with E-state index in [1.54, 1.807) is 24.4 Å². The lowest BCUT2D eigenvalue weighted by molar-refractivity contribution is 0.102. The maximum Gasteiger partial charge on any atom is 0.255 e. The van der Waals surface area contributed by atoms with Gasteiger partial charge in [-0.15, -0.1) is 0 Å². The molecule has 5 nitrogen and oxygen atoms in total. The summed E-state index contributed by atoms with van der Waals surface area (Å²) >= 11 is 0. The Morgan fingerprint density at radius 2 is 1.72 bits per heavy atom. The van der Waals surface area contributed by atoms with E-state index in [0.29, 0.717) is 17.5 Å². The van der Waals surface area contributed by atoms with Crippen LogP contribution in [0.15, 0.2) is 89.9 Å². The van der Waals surface area contributed by atoms with E-state index >= 15 is 0 Å². The van der Waals surface area contributed by atoms with Crippen molar-refractivity contribution in [3.63, 3.8) is 0 Å².